The first-order valence-electron chi connectivity index (χ1n) is 9.22. The molecule has 6 heteroatoms. The maximum absolute atomic E-state index is 4.81. The van der Waals surface area contributed by atoms with E-state index < -0.39 is 0 Å². The summed E-state index contributed by atoms with van der Waals surface area (Å²) in [5.41, 5.74) is 4.39. The van der Waals surface area contributed by atoms with Gasteiger partial charge in [0.2, 0.25) is 0 Å². The SMILES string of the molecule is CCc1cc(N2CCC[C@H](Cn3ccnc3)C2)n2nc(C)c(C)c2n1. The minimum absolute atomic E-state index is 0.633. The van der Waals surface area contributed by atoms with Gasteiger partial charge in [-0.25, -0.2) is 9.97 Å². The van der Waals surface area contributed by atoms with E-state index in [1.165, 1.54) is 24.2 Å². The highest BCUT2D eigenvalue weighted by atomic mass is 15.4. The zero-order chi connectivity index (χ0) is 17.4. The Labute approximate surface area is 148 Å². The monoisotopic (exact) mass is 338 g/mol. The van der Waals surface area contributed by atoms with Crippen molar-refractivity contribution in [1.82, 2.24) is 24.1 Å². The van der Waals surface area contributed by atoms with Crippen molar-refractivity contribution in [2.45, 2.75) is 46.6 Å². The standard InChI is InChI=1S/C19H26N6/c1-4-17-10-18(25-19(21-17)14(2)15(3)22-25)24-8-5-6-16(12-24)11-23-9-7-20-13-23/h7,9-10,13,16H,4-6,8,11-12H2,1-3H3/t16-/m1/s1. The zero-order valence-electron chi connectivity index (χ0n) is 15.3. The van der Waals surface area contributed by atoms with E-state index in [2.05, 4.69) is 47.5 Å². The van der Waals surface area contributed by atoms with E-state index in [1.54, 1.807) is 0 Å². The molecule has 0 amide bonds. The molecule has 0 aromatic carbocycles. The van der Waals surface area contributed by atoms with Crippen LogP contribution in [0.15, 0.2) is 24.8 Å². The normalized spacial score (nSPS) is 18.2. The van der Waals surface area contributed by atoms with Crippen molar-refractivity contribution in [2.75, 3.05) is 18.0 Å². The molecule has 0 spiro atoms. The number of imidazole rings is 1. The van der Waals surface area contributed by atoms with Crippen molar-refractivity contribution >= 4 is 11.5 Å². The summed E-state index contributed by atoms with van der Waals surface area (Å²) in [5.74, 6) is 1.82. The second kappa shape index (κ2) is 6.50. The number of hydrogen-bond donors (Lipinski definition) is 0. The molecule has 6 nitrogen and oxygen atoms in total. The van der Waals surface area contributed by atoms with Crippen molar-refractivity contribution in [3.05, 3.63) is 41.7 Å². The predicted octanol–water partition coefficient (Wildman–Crippen LogP) is 3.02. The van der Waals surface area contributed by atoms with Crippen LogP contribution in [-0.2, 0) is 13.0 Å². The largest absolute Gasteiger partial charge is 0.356 e. The first-order chi connectivity index (χ1) is 12.2. The molecule has 1 aliphatic rings. The molecule has 0 aliphatic carbocycles. The first kappa shape index (κ1) is 16.1. The van der Waals surface area contributed by atoms with Crippen LogP contribution in [0.2, 0.25) is 0 Å². The number of anilines is 1. The molecule has 132 valence electrons. The fourth-order valence-electron chi connectivity index (χ4n) is 3.78. The van der Waals surface area contributed by atoms with Crippen LogP contribution in [0.3, 0.4) is 0 Å². The lowest BCUT2D eigenvalue weighted by Crippen LogP contribution is -2.38. The van der Waals surface area contributed by atoms with Gasteiger partial charge in [-0.1, -0.05) is 6.92 Å². The number of aryl methyl sites for hydroxylation is 3. The second-order valence-corrected chi connectivity index (χ2v) is 7.12. The predicted molar refractivity (Wildman–Crippen MR) is 99.0 cm³/mol. The zero-order valence-corrected chi connectivity index (χ0v) is 15.3. The molecule has 1 atom stereocenters. The third-order valence-corrected chi connectivity index (χ3v) is 5.32. The topological polar surface area (TPSA) is 51.2 Å². The Balaban J connectivity index is 1.67. The Morgan fingerprint density at radius 3 is 2.92 bits per heavy atom. The Bertz CT molecular complexity index is 864. The van der Waals surface area contributed by atoms with Crippen molar-refractivity contribution in [2.24, 2.45) is 5.92 Å². The molecule has 4 rings (SSSR count). The lowest BCUT2D eigenvalue weighted by atomic mass is 9.98. The fraction of sp³-hybridized carbons (Fsp3) is 0.526. The van der Waals surface area contributed by atoms with E-state index >= 15 is 0 Å². The molecule has 0 unspecified atom stereocenters. The molecule has 1 aliphatic heterocycles. The minimum Gasteiger partial charge on any atom is -0.356 e. The van der Waals surface area contributed by atoms with Gasteiger partial charge in [-0.15, -0.1) is 0 Å². The van der Waals surface area contributed by atoms with Crippen LogP contribution in [-0.4, -0.2) is 37.2 Å². The first-order valence-corrected chi connectivity index (χ1v) is 9.22. The van der Waals surface area contributed by atoms with Crippen LogP contribution in [0.1, 0.15) is 36.7 Å². The maximum Gasteiger partial charge on any atom is 0.160 e. The highest BCUT2D eigenvalue weighted by Crippen LogP contribution is 2.27. The molecule has 25 heavy (non-hydrogen) atoms. The Morgan fingerprint density at radius 2 is 2.16 bits per heavy atom. The number of rotatable bonds is 4. The van der Waals surface area contributed by atoms with E-state index in [-0.39, 0.29) is 0 Å². The highest BCUT2D eigenvalue weighted by Gasteiger charge is 2.24. The summed E-state index contributed by atoms with van der Waals surface area (Å²) >= 11 is 0. The summed E-state index contributed by atoms with van der Waals surface area (Å²) < 4.78 is 4.24. The van der Waals surface area contributed by atoms with Gasteiger partial charge in [0.1, 0.15) is 5.82 Å². The van der Waals surface area contributed by atoms with E-state index in [4.69, 9.17) is 10.1 Å². The van der Waals surface area contributed by atoms with E-state index in [9.17, 15) is 0 Å². The molecule has 1 saturated heterocycles. The van der Waals surface area contributed by atoms with Crippen LogP contribution in [0.25, 0.3) is 5.65 Å². The summed E-state index contributed by atoms with van der Waals surface area (Å²) in [7, 11) is 0. The quantitative estimate of drug-likeness (QED) is 0.734. The van der Waals surface area contributed by atoms with Crippen molar-refractivity contribution in [3.8, 4) is 0 Å². The number of aromatic nitrogens is 5. The Morgan fingerprint density at radius 1 is 1.28 bits per heavy atom. The second-order valence-electron chi connectivity index (χ2n) is 7.12. The summed E-state index contributed by atoms with van der Waals surface area (Å²) in [4.78, 5) is 11.5. The average Bonchev–Trinajstić information content (AvgIpc) is 3.23. The summed E-state index contributed by atoms with van der Waals surface area (Å²) in [5, 5.41) is 4.76. The molecule has 1 fully saturated rings. The molecular formula is C19H26N6. The van der Waals surface area contributed by atoms with E-state index in [1.807, 2.05) is 17.0 Å². The summed E-state index contributed by atoms with van der Waals surface area (Å²) in [6, 6.07) is 2.22. The van der Waals surface area contributed by atoms with Gasteiger partial charge in [0.15, 0.2) is 5.65 Å². The Hall–Kier alpha value is -2.37. The van der Waals surface area contributed by atoms with Gasteiger partial charge in [0, 0.05) is 49.4 Å². The van der Waals surface area contributed by atoms with Gasteiger partial charge in [-0.2, -0.15) is 9.61 Å². The smallest absolute Gasteiger partial charge is 0.160 e. The lowest BCUT2D eigenvalue weighted by Gasteiger charge is -2.34. The maximum atomic E-state index is 4.81. The van der Waals surface area contributed by atoms with Crippen molar-refractivity contribution in [3.63, 3.8) is 0 Å². The molecule has 4 heterocycles. The van der Waals surface area contributed by atoms with Gasteiger partial charge in [-0.3, -0.25) is 0 Å². The molecule has 0 saturated carbocycles. The van der Waals surface area contributed by atoms with Crippen LogP contribution in [0.4, 0.5) is 5.82 Å². The van der Waals surface area contributed by atoms with Crippen LogP contribution >= 0.6 is 0 Å². The van der Waals surface area contributed by atoms with Crippen LogP contribution in [0, 0.1) is 19.8 Å². The number of nitrogens with zero attached hydrogens (tertiary/aromatic N) is 6. The van der Waals surface area contributed by atoms with Crippen LogP contribution in [0.5, 0.6) is 0 Å². The van der Waals surface area contributed by atoms with E-state index in [0.717, 1.165) is 43.1 Å². The van der Waals surface area contributed by atoms with E-state index in [0.29, 0.717) is 5.92 Å². The third-order valence-electron chi connectivity index (χ3n) is 5.32. The average molecular weight is 338 g/mol. The molecular weight excluding hydrogens is 312 g/mol. The summed E-state index contributed by atoms with van der Waals surface area (Å²) in [6.07, 6.45) is 9.25. The number of piperidine rings is 1. The number of hydrogen-bond acceptors (Lipinski definition) is 4. The summed E-state index contributed by atoms with van der Waals surface area (Å²) in [6.45, 7) is 9.52. The fourth-order valence-corrected chi connectivity index (χ4v) is 3.78. The lowest BCUT2D eigenvalue weighted by molar-refractivity contribution is 0.364. The van der Waals surface area contributed by atoms with Gasteiger partial charge in [-0.05, 0) is 39.0 Å². The Kier molecular flexibility index (Phi) is 4.19. The molecule has 0 N–H and O–H groups in total. The molecule has 3 aromatic rings. The number of fused-ring (bicyclic) bond motifs is 1. The van der Waals surface area contributed by atoms with Crippen LogP contribution < -0.4 is 4.90 Å². The van der Waals surface area contributed by atoms with Crippen molar-refractivity contribution in [1.29, 1.82) is 0 Å². The minimum atomic E-state index is 0.633. The third kappa shape index (κ3) is 3.01. The molecule has 0 radical (unpaired) electrons. The highest BCUT2D eigenvalue weighted by molar-refractivity contribution is 5.57. The van der Waals surface area contributed by atoms with Gasteiger partial charge in [0.05, 0.1) is 12.0 Å². The molecule has 0 bridgehead atoms. The van der Waals surface area contributed by atoms with Crippen molar-refractivity contribution < 1.29 is 0 Å². The molecule has 3 aromatic heterocycles. The van der Waals surface area contributed by atoms with Gasteiger partial charge >= 0.3 is 0 Å². The van der Waals surface area contributed by atoms with Gasteiger partial charge < -0.3 is 9.47 Å². The van der Waals surface area contributed by atoms with Gasteiger partial charge in [0.25, 0.3) is 0 Å².